The molecule has 2 rings (SSSR count). The van der Waals surface area contributed by atoms with E-state index >= 15 is 0 Å². The number of halogens is 1. The third kappa shape index (κ3) is 2.48. The number of benzene rings is 1. The van der Waals surface area contributed by atoms with E-state index in [0.717, 1.165) is 6.07 Å². The van der Waals surface area contributed by atoms with Gasteiger partial charge in [-0.05, 0) is 11.6 Å². The van der Waals surface area contributed by atoms with Gasteiger partial charge >= 0.3 is 0 Å². The highest BCUT2D eigenvalue weighted by Crippen LogP contribution is 2.18. The van der Waals surface area contributed by atoms with E-state index in [9.17, 15) is 12.8 Å². The fourth-order valence-electron chi connectivity index (χ4n) is 1.49. The molecule has 2 aromatic rings. The molecule has 0 unspecified atom stereocenters. The van der Waals surface area contributed by atoms with E-state index in [-0.39, 0.29) is 12.1 Å². The largest absolute Gasteiger partial charge is 0.249 e. The number of nitrogens with two attached hydrogens (primary N) is 1. The molecule has 0 amide bonds. The molecule has 0 aliphatic rings. The van der Waals surface area contributed by atoms with Gasteiger partial charge in [-0.25, -0.2) is 27.6 Å². The molecule has 2 N–H and O–H groups in total. The Morgan fingerprint density at radius 2 is 2.18 bits per heavy atom. The lowest BCUT2D eigenvalue weighted by molar-refractivity contribution is 0.558. The van der Waals surface area contributed by atoms with Crippen molar-refractivity contribution < 1.29 is 12.8 Å². The molecule has 0 saturated heterocycles. The summed E-state index contributed by atoms with van der Waals surface area (Å²) in [6, 6.07) is 3.94. The van der Waals surface area contributed by atoms with Crippen LogP contribution >= 0.6 is 0 Å². The van der Waals surface area contributed by atoms with Gasteiger partial charge in [0, 0.05) is 0 Å². The van der Waals surface area contributed by atoms with Crippen LogP contribution in [0.5, 0.6) is 0 Å². The summed E-state index contributed by atoms with van der Waals surface area (Å²) < 4.78 is 37.4. The topological polar surface area (TPSA) is 90.9 Å². The predicted octanol–water partition coefficient (Wildman–Crippen LogP) is 0.113. The average Bonchev–Trinajstić information content (AvgIpc) is 2.68. The first-order valence-corrected chi connectivity index (χ1v) is 6.16. The molecule has 1 aromatic carbocycles. The SMILES string of the molecule is NS(=O)(=O)c1c(F)cccc1Cn1cncn1. The lowest BCUT2D eigenvalue weighted by Crippen LogP contribution is -2.17. The normalized spacial score (nSPS) is 11.6. The average molecular weight is 256 g/mol. The number of primary sulfonamides is 1. The third-order valence-corrected chi connectivity index (χ3v) is 3.16. The van der Waals surface area contributed by atoms with Crippen molar-refractivity contribution in [3.8, 4) is 0 Å². The molecule has 1 heterocycles. The van der Waals surface area contributed by atoms with Gasteiger partial charge < -0.3 is 0 Å². The highest BCUT2D eigenvalue weighted by molar-refractivity contribution is 7.89. The Balaban J connectivity index is 2.51. The highest BCUT2D eigenvalue weighted by atomic mass is 32.2. The minimum absolute atomic E-state index is 0.0868. The van der Waals surface area contributed by atoms with Gasteiger partial charge in [-0.3, -0.25) is 0 Å². The fraction of sp³-hybridized carbons (Fsp3) is 0.111. The number of hydrogen-bond acceptors (Lipinski definition) is 4. The van der Waals surface area contributed by atoms with Crippen LogP contribution in [0.25, 0.3) is 0 Å². The molecule has 6 nitrogen and oxygen atoms in total. The molecule has 0 atom stereocenters. The first kappa shape index (κ1) is 11.7. The minimum Gasteiger partial charge on any atom is -0.249 e. The van der Waals surface area contributed by atoms with Gasteiger partial charge in [0.25, 0.3) is 0 Å². The van der Waals surface area contributed by atoms with Gasteiger partial charge in [0.15, 0.2) is 0 Å². The van der Waals surface area contributed by atoms with Gasteiger partial charge in [0.05, 0.1) is 6.54 Å². The number of nitrogens with zero attached hydrogens (tertiary/aromatic N) is 3. The molecule has 0 saturated carbocycles. The number of rotatable bonds is 3. The van der Waals surface area contributed by atoms with Crippen molar-refractivity contribution in [3.05, 3.63) is 42.2 Å². The Labute approximate surface area is 96.9 Å². The van der Waals surface area contributed by atoms with Crippen LogP contribution in [0.4, 0.5) is 4.39 Å². The van der Waals surface area contributed by atoms with Crippen LogP contribution in [0.15, 0.2) is 35.7 Å². The first-order valence-electron chi connectivity index (χ1n) is 4.61. The summed E-state index contributed by atoms with van der Waals surface area (Å²) in [6.45, 7) is 0.0868. The summed E-state index contributed by atoms with van der Waals surface area (Å²) in [7, 11) is -4.10. The molecule has 17 heavy (non-hydrogen) atoms. The zero-order valence-electron chi connectivity index (χ0n) is 8.62. The fourth-order valence-corrected chi connectivity index (χ4v) is 2.32. The molecular formula is C9H9FN4O2S. The molecular weight excluding hydrogens is 247 g/mol. The summed E-state index contributed by atoms with van der Waals surface area (Å²) in [5.41, 5.74) is 0.234. The highest BCUT2D eigenvalue weighted by Gasteiger charge is 2.19. The molecule has 0 fully saturated rings. The van der Waals surface area contributed by atoms with Crippen LogP contribution in [-0.4, -0.2) is 23.2 Å². The second-order valence-corrected chi connectivity index (χ2v) is 4.86. The van der Waals surface area contributed by atoms with E-state index < -0.39 is 20.7 Å². The maximum absolute atomic E-state index is 13.5. The quantitative estimate of drug-likeness (QED) is 0.844. The van der Waals surface area contributed by atoms with Crippen LogP contribution < -0.4 is 5.14 Å². The molecule has 1 aromatic heterocycles. The van der Waals surface area contributed by atoms with Crippen molar-refractivity contribution in [2.24, 2.45) is 5.14 Å². The smallest absolute Gasteiger partial charge is 0.241 e. The zero-order chi connectivity index (χ0) is 12.5. The van der Waals surface area contributed by atoms with Crippen molar-refractivity contribution in [2.45, 2.75) is 11.4 Å². The molecule has 8 heteroatoms. The Bertz CT molecular complexity index is 624. The predicted molar refractivity (Wildman–Crippen MR) is 56.9 cm³/mol. The van der Waals surface area contributed by atoms with E-state index in [4.69, 9.17) is 5.14 Å². The maximum atomic E-state index is 13.5. The third-order valence-electron chi connectivity index (χ3n) is 2.13. The monoisotopic (exact) mass is 256 g/mol. The lowest BCUT2D eigenvalue weighted by atomic mass is 10.2. The summed E-state index contributed by atoms with van der Waals surface area (Å²) in [6.07, 6.45) is 2.70. The zero-order valence-corrected chi connectivity index (χ0v) is 9.43. The molecule has 0 aliphatic heterocycles. The van der Waals surface area contributed by atoms with Crippen LogP contribution in [0.1, 0.15) is 5.56 Å². The van der Waals surface area contributed by atoms with Crippen LogP contribution in [0, 0.1) is 5.82 Å². The van der Waals surface area contributed by atoms with Gasteiger partial charge in [0.2, 0.25) is 10.0 Å². The maximum Gasteiger partial charge on any atom is 0.241 e. The van der Waals surface area contributed by atoms with Crippen LogP contribution in [0.3, 0.4) is 0 Å². The first-order chi connectivity index (χ1) is 7.98. The summed E-state index contributed by atoms with van der Waals surface area (Å²) >= 11 is 0. The van der Waals surface area contributed by atoms with Gasteiger partial charge in [-0.1, -0.05) is 12.1 Å². The van der Waals surface area contributed by atoms with Gasteiger partial charge in [-0.2, -0.15) is 5.10 Å². The van der Waals surface area contributed by atoms with Crippen molar-refractivity contribution in [1.29, 1.82) is 0 Å². The van der Waals surface area contributed by atoms with Crippen molar-refractivity contribution in [2.75, 3.05) is 0 Å². The molecule has 0 aliphatic carbocycles. The number of aromatic nitrogens is 3. The van der Waals surface area contributed by atoms with Crippen LogP contribution in [-0.2, 0) is 16.6 Å². The molecule has 0 radical (unpaired) electrons. The van der Waals surface area contributed by atoms with Crippen molar-refractivity contribution in [1.82, 2.24) is 14.8 Å². The molecule has 0 bridgehead atoms. The van der Waals surface area contributed by atoms with E-state index in [0.29, 0.717) is 0 Å². The van der Waals surface area contributed by atoms with Crippen molar-refractivity contribution >= 4 is 10.0 Å². The minimum atomic E-state index is -4.10. The molecule has 0 spiro atoms. The Kier molecular flexibility index (Phi) is 2.90. The Hall–Kier alpha value is -1.80. The van der Waals surface area contributed by atoms with E-state index in [1.165, 1.54) is 29.5 Å². The van der Waals surface area contributed by atoms with Crippen LogP contribution in [0.2, 0.25) is 0 Å². The Morgan fingerprint density at radius 3 is 2.76 bits per heavy atom. The summed E-state index contributed by atoms with van der Waals surface area (Å²) in [5, 5.41) is 8.79. The number of sulfonamides is 1. The second kappa shape index (κ2) is 4.22. The Morgan fingerprint density at radius 1 is 1.41 bits per heavy atom. The standard InChI is InChI=1S/C9H9FN4O2S/c10-8-3-1-2-7(9(8)17(11,15)16)4-14-6-12-5-13-14/h1-3,5-6H,4H2,(H2,11,15,16). The lowest BCUT2D eigenvalue weighted by Gasteiger charge is -2.08. The van der Waals surface area contributed by atoms with E-state index in [1.54, 1.807) is 0 Å². The van der Waals surface area contributed by atoms with Gasteiger partial charge in [0.1, 0.15) is 23.4 Å². The van der Waals surface area contributed by atoms with E-state index in [2.05, 4.69) is 10.1 Å². The van der Waals surface area contributed by atoms with Gasteiger partial charge in [-0.15, -0.1) is 0 Å². The van der Waals surface area contributed by atoms with Crippen molar-refractivity contribution in [3.63, 3.8) is 0 Å². The van der Waals surface area contributed by atoms with E-state index in [1.807, 2.05) is 0 Å². The summed E-state index contributed by atoms with van der Waals surface area (Å²) in [4.78, 5) is 3.21. The second-order valence-electron chi connectivity index (χ2n) is 3.37. The summed E-state index contributed by atoms with van der Waals surface area (Å²) in [5.74, 6) is -0.870. The molecule has 90 valence electrons. The number of hydrogen-bond donors (Lipinski definition) is 1.